The Hall–Kier alpha value is -1.09. The van der Waals surface area contributed by atoms with Gasteiger partial charge in [-0.1, -0.05) is 0 Å². The Morgan fingerprint density at radius 3 is 2.85 bits per heavy atom. The molecule has 1 rings (SSSR count). The minimum atomic E-state index is -0.00413. The first-order valence-electron chi connectivity index (χ1n) is 4.36. The predicted molar refractivity (Wildman–Crippen MR) is 52.9 cm³/mol. The zero-order chi connectivity index (χ0) is 9.73. The van der Waals surface area contributed by atoms with Crippen LogP contribution in [0, 0.1) is 0 Å². The molecule has 3 heteroatoms. The number of nitrogens with one attached hydrogen (secondary N) is 1. The minimum absolute atomic E-state index is 0.00413. The second kappa shape index (κ2) is 4.23. The van der Waals surface area contributed by atoms with Crippen molar-refractivity contribution in [3.05, 3.63) is 24.5 Å². The van der Waals surface area contributed by atoms with Crippen molar-refractivity contribution in [2.24, 2.45) is 0 Å². The van der Waals surface area contributed by atoms with Crippen molar-refractivity contribution < 1.29 is 4.74 Å². The van der Waals surface area contributed by atoms with Crippen molar-refractivity contribution in [2.45, 2.75) is 19.4 Å². The van der Waals surface area contributed by atoms with Crippen LogP contribution < -0.4 is 10.1 Å². The van der Waals surface area contributed by atoms with Crippen LogP contribution in [0.3, 0.4) is 0 Å². The fraction of sp³-hybridized carbons (Fsp3) is 0.500. The van der Waals surface area contributed by atoms with Crippen LogP contribution in [0.5, 0.6) is 5.75 Å². The van der Waals surface area contributed by atoms with E-state index in [4.69, 9.17) is 4.74 Å². The molecule has 0 aliphatic carbocycles. The second-order valence-corrected chi connectivity index (χ2v) is 3.61. The summed E-state index contributed by atoms with van der Waals surface area (Å²) in [7, 11) is 1.92. The Morgan fingerprint density at radius 2 is 2.31 bits per heavy atom. The van der Waals surface area contributed by atoms with Gasteiger partial charge in [-0.05, 0) is 33.0 Å². The van der Waals surface area contributed by atoms with Crippen molar-refractivity contribution in [1.82, 2.24) is 10.3 Å². The van der Waals surface area contributed by atoms with E-state index in [9.17, 15) is 0 Å². The number of rotatable bonds is 4. The molecule has 1 aromatic rings. The summed E-state index contributed by atoms with van der Waals surface area (Å²) in [6.45, 7) is 4.81. The monoisotopic (exact) mass is 180 g/mol. The summed E-state index contributed by atoms with van der Waals surface area (Å²) in [5, 5.41) is 3.17. The minimum Gasteiger partial charge on any atom is -0.490 e. The Kier molecular flexibility index (Phi) is 3.25. The standard InChI is InChI=1S/C10H16N2O/c1-10(2,11-3)8-13-9-5-4-6-12-7-9/h4-7,11H,8H2,1-3H3. The van der Waals surface area contributed by atoms with Crippen molar-refractivity contribution in [3.8, 4) is 5.75 Å². The van der Waals surface area contributed by atoms with Crippen molar-refractivity contribution in [3.63, 3.8) is 0 Å². The van der Waals surface area contributed by atoms with Crippen LogP contribution in [-0.2, 0) is 0 Å². The van der Waals surface area contributed by atoms with E-state index in [1.54, 1.807) is 12.4 Å². The Balaban J connectivity index is 2.44. The second-order valence-electron chi connectivity index (χ2n) is 3.61. The van der Waals surface area contributed by atoms with Crippen LogP contribution in [0.25, 0.3) is 0 Å². The van der Waals surface area contributed by atoms with Gasteiger partial charge < -0.3 is 10.1 Å². The third-order valence-electron chi connectivity index (χ3n) is 1.91. The summed E-state index contributed by atoms with van der Waals surface area (Å²) >= 11 is 0. The Morgan fingerprint density at radius 1 is 1.54 bits per heavy atom. The zero-order valence-electron chi connectivity index (χ0n) is 8.37. The van der Waals surface area contributed by atoms with Gasteiger partial charge in [-0.2, -0.15) is 0 Å². The Labute approximate surface area is 79.1 Å². The first kappa shape index (κ1) is 9.99. The summed E-state index contributed by atoms with van der Waals surface area (Å²) in [6, 6.07) is 3.76. The molecule has 0 radical (unpaired) electrons. The van der Waals surface area contributed by atoms with E-state index in [0.29, 0.717) is 6.61 Å². The van der Waals surface area contributed by atoms with Crippen LogP contribution in [-0.4, -0.2) is 24.2 Å². The SMILES string of the molecule is CNC(C)(C)COc1cccnc1. The zero-order valence-corrected chi connectivity index (χ0v) is 8.37. The van der Waals surface area contributed by atoms with Crippen LogP contribution in [0.2, 0.25) is 0 Å². The maximum atomic E-state index is 5.54. The van der Waals surface area contributed by atoms with Gasteiger partial charge in [0.25, 0.3) is 0 Å². The van der Waals surface area contributed by atoms with Crippen LogP contribution in [0.4, 0.5) is 0 Å². The number of ether oxygens (including phenoxy) is 1. The van der Waals surface area contributed by atoms with Gasteiger partial charge in [-0.25, -0.2) is 0 Å². The first-order chi connectivity index (χ1) is 6.14. The molecule has 0 saturated carbocycles. The van der Waals surface area contributed by atoms with E-state index in [0.717, 1.165) is 5.75 Å². The summed E-state index contributed by atoms with van der Waals surface area (Å²) < 4.78 is 5.54. The van der Waals surface area contributed by atoms with E-state index in [1.165, 1.54) is 0 Å². The maximum Gasteiger partial charge on any atom is 0.137 e. The molecule has 0 aliphatic rings. The normalized spacial score (nSPS) is 11.3. The highest BCUT2D eigenvalue weighted by Gasteiger charge is 2.15. The third-order valence-corrected chi connectivity index (χ3v) is 1.91. The highest BCUT2D eigenvalue weighted by molar-refractivity contribution is 5.15. The average molecular weight is 180 g/mol. The number of hydrogen-bond donors (Lipinski definition) is 1. The molecule has 0 amide bonds. The van der Waals surface area contributed by atoms with Gasteiger partial charge in [0.1, 0.15) is 12.4 Å². The molecule has 72 valence electrons. The number of hydrogen-bond acceptors (Lipinski definition) is 3. The third kappa shape index (κ3) is 3.42. The molecule has 1 aromatic heterocycles. The topological polar surface area (TPSA) is 34.1 Å². The molecule has 0 fully saturated rings. The smallest absolute Gasteiger partial charge is 0.137 e. The number of likely N-dealkylation sites (N-methyl/N-ethyl adjacent to an activating group) is 1. The van der Waals surface area contributed by atoms with Gasteiger partial charge in [0.15, 0.2) is 0 Å². The van der Waals surface area contributed by atoms with Crippen molar-refractivity contribution in [1.29, 1.82) is 0 Å². The lowest BCUT2D eigenvalue weighted by Gasteiger charge is -2.23. The molecule has 0 bridgehead atoms. The highest BCUT2D eigenvalue weighted by Crippen LogP contribution is 2.09. The van der Waals surface area contributed by atoms with E-state index in [-0.39, 0.29) is 5.54 Å². The summed E-state index contributed by atoms with van der Waals surface area (Å²) in [6.07, 6.45) is 3.45. The first-order valence-corrected chi connectivity index (χ1v) is 4.36. The van der Waals surface area contributed by atoms with Gasteiger partial charge in [0.05, 0.1) is 6.20 Å². The molecule has 0 atom stereocenters. The molecule has 0 saturated heterocycles. The molecule has 0 spiro atoms. The fourth-order valence-corrected chi connectivity index (χ4v) is 0.768. The van der Waals surface area contributed by atoms with Gasteiger partial charge in [0.2, 0.25) is 0 Å². The van der Waals surface area contributed by atoms with Gasteiger partial charge >= 0.3 is 0 Å². The lowest BCUT2D eigenvalue weighted by molar-refractivity contribution is 0.217. The summed E-state index contributed by atoms with van der Waals surface area (Å²) in [5.41, 5.74) is -0.00413. The molecule has 13 heavy (non-hydrogen) atoms. The van der Waals surface area contributed by atoms with E-state index in [2.05, 4.69) is 24.1 Å². The quantitative estimate of drug-likeness (QED) is 0.761. The summed E-state index contributed by atoms with van der Waals surface area (Å²) in [4.78, 5) is 3.97. The van der Waals surface area contributed by atoms with Gasteiger partial charge in [-0.3, -0.25) is 4.98 Å². The molecule has 0 unspecified atom stereocenters. The summed E-state index contributed by atoms with van der Waals surface area (Å²) in [5.74, 6) is 0.811. The lowest BCUT2D eigenvalue weighted by atomic mass is 10.1. The van der Waals surface area contributed by atoms with Gasteiger partial charge in [-0.15, -0.1) is 0 Å². The van der Waals surface area contributed by atoms with E-state index >= 15 is 0 Å². The average Bonchev–Trinajstić information content (AvgIpc) is 2.17. The van der Waals surface area contributed by atoms with Crippen molar-refractivity contribution in [2.75, 3.05) is 13.7 Å². The van der Waals surface area contributed by atoms with Crippen molar-refractivity contribution >= 4 is 0 Å². The highest BCUT2D eigenvalue weighted by atomic mass is 16.5. The molecule has 1 heterocycles. The largest absolute Gasteiger partial charge is 0.490 e. The van der Waals surface area contributed by atoms with Gasteiger partial charge in [0, 0.05) is 11.7 Å². The number of pyridine rings is 1. The lowest BCUT2D eigenvalue weighted by Crippen LogP contribution is -2.42. The number of aromatic nitrogens is 1. The molecular weight excluding hydrogens is 164 g/mol. The Bertz CT molecular complexity index is 246. The predicted octanol–water partition coefficient (Wildman–Crippen LogP) is 1.46. The molecule has 1 N–H and O–H groups in total. The molecule has 0 aromatic carbocycles. The fourth-order valence-electron chi connectivity index (χ4n) is 0.768. The molecule has 3 nitrogen and oxygen atoms in total. The van der Waals surface area contributed by atoms with E-state index < -0.39 is 0 Å². The number of nitrogens with zero attached hydrogens (tertiary/aromatic N) is 1. The van der Waals surface area contributed by atoms with Crippen LogP contribution >= 0.6 is 0 Å². The van der Waals surface area contributed by atoms with Crippen LogP contribution in [0.15, 0.2) is 24.5 Å². The van der Waals surface area contributed by atoms with E-state index in [1.807, 2.05) is 19.2 Å². The maximum absolute atomic E-state index is 5.54. The van der Waals surface area contributed by atoms with Crippen LogP contribution in [0.1, 0.15) is 13.8 Å². The molecular formula is C10H16N2O. The molecule has 0 aliphatic heterocycles.